The molecular formula is C17H36N2O3. The molecule has 0 radical (unpaired) electrons. The second kappa shape index (κ2) is 13.6. The zero-order valence-electron chi connectivity index (χ0n) is 15.0. The largest absolute Gasteiger partial charge is 0.481 e. The maximum atomic E-state index is 10.6. The number of hydrogen-bond donors (Lipinski definition) is 3. The predicted octanol–water partition coefficient (Wildman–Crippen LogP) is 3.02. The zero-order chi connectivity index (χ0) is 17.7. The molecule has 0 bridgehead atoms. The molecule has 0 aliphatic heterocycles. The summed E-state index contributed by atoms with van der Waals surface area (Å²) in [6.07, 6.45) is 3.83. The first-order valence-electron chi connectivity index (χ1n) is 8.32. The fraction of sp³-hybridized carbons (Fsp3) is 0.882. The molecule has 0 aromatic rings. The quantitative estimate of drug-likeness (QED) is 0.576. The minimum Gasteiger partial charge on any atom is -0.481 e. The van der Waals surface area contributed by atoms with E-state index < -0.39 is 5.97 Å². The number of hydrogen-bond acceptors (Lipinski definition) is 3. The number of carboxylic acids is 1. The van der Waals surface area contributed by atoms with Crippen molar-refractivity contribution >= 4 is 11.9 Å². The lowest BCUT2D eigenvalue weighted by atomic mass is 9.92. The van der Waals surface area contributed by atoms with Gasteiger partial charge in [0.1, 0.15) is 0 Å². The van der Waals surface area contributed by atoms with Gasteiger partial charge in [-0.25, -0.2) is 0 Å². The molecule has 0 aliphatic carbocycles. The van der Waals surface area contributed by atoms with Gasteiger partial charge in [0.15, 0.2) is 0 Å². The molecule has 0 saturated heterocycles. The third kappa shape index (κ3) is 17.0. The molecule has 5 N–H and O–H groups in total. The molecular weight excluding hydrogens is 280 g/mol. The van der Waals surface area contributed by atoms with E-state index in [0.717, 1.165) is 19.3 Å². The fourth-order valence-electron chi connectivity index (χ4n) is 2.52. The smallest absolute Gasteiger partial charge is 0.303 e. The Morgan fingerprint density at radius 3 is 1.68 bits per heavy atom. The molecule has 132 valence electrons. The van der Waals surface area contributed by atoms with Gasteiger partial charge in [-0.2, -0.15) is 0 Å². The topological polar surface area (TPSA) is 106 Å². The van der Waals surface area contributed by atoms with Gasteiger partial charge in [0.25, 0.3) is 0 Å². The standard InChI is InChI=1S/C9H19NO.C8H17NO2/c1-4-8(5-7(2)3)6-9(10)11;1-6(2)3-7(5-9)4-8(10)11/h7-8H,4-6H2,1-3H3,(H2,10,11);6-7H,3-5,9H2,1-2H3,(H,10,11)/t8-;7-/m00/s1. The van der Waals surface area contributed by atoms with Crippen molar-refractivity contribution in [1.29, 1.82) is 0 Å². The number of nitrogens with two attached hydrogens (primary N) is 2. The maximum absolute atomic E-state index is 10.6. The number of amides is 1. The van der Waals surface area contributed by atoms with Crippen molar-refractivity contribution in [2.24, 2.45) is 35.1 Å². The van der Waals surface area contributed by atoms with Crippen molar-refractivity contribution in [3.8, 4) is 0 Å². The van der Waals surface area contributed by atoms with E-state index in [9.17, 15) is 9.59 Å². The molecule has 22 heavy (non-hydrogen) atoms. The average Bonchev–Trinajstić information content (AvgIpc) is 2.35. The summed E-state index contributed by atoms with van der Waals surface area (Å²) in [7, 11) is 0. The van der Waals surface area contributed by atoms with Crippen molar-refractivity contribution in [2.45, 2.75) is 66.7 Å². The summed E-state index contributed by atoms with van der Waals surface area (Å²) in [6.45, 7) is 11.1. The van der Waals surface area contributed by atoms with Gasteiger partial charge < -0.3 is 16.6 Å². The summed E-state index contributed by atoms with van der Waals surface area (Å²) >= 11 is 0. The van der Waals surface area contributed by atoms with Crippen LogP contribution in [0.4, 0.5) is 0 Å². The monoisotopic (exact) mass is 316 g/mol. The van der Waals surface area contributed by atoms with Gasteiger partial charge >= 0.3 is 5.97 Å². The molecule has 0 spiro atoms. The van der Waals surface area contributed by atoms with Crippen molar-refractivity contribution in [2.75, 3.05) is 6.54 Å². The minimum atomic E-state index is -0.749. The summed E-state index contributed by atoms with van der Waals surface area (Å²) in [5.74, 6) is 0.917. The van der Waals surface area contributed by atoms with E-state index in [1.54, 1.807) is 0 Å². The maximum Gasteiger partial charge on any atom is 0.303 e. The van der Waals surface area contributed by atoms with Gasteiger partial charge in [0, 0.05) is 12.8 Å². The van der Waals surface area contributed by atoms with E-state index in [4.69, 9.17) is 16.6 Å². The summed E-state index contributed by atoms with van der Waals surface area (Å²) in [6, 6.07) is 0. The first-order valence-corrected chi connectivity index (χ1v) is 8.32. The SMILES string of the molecule is CC(C)C[C@H](CN)CC(=O)O.CC[C@H](CC(N)=O)CC(C)C. The second-order valence-electron chi connectivity index (χ2n) is 6.90. The van der Waals surface area contributed by atoms with Gasteiger partial charge in [0.2, 0.25) is 5.91 Å². The molecule has 2 atom stereocenters. The number of carbonyl (C=O) groups excluding carboxylic acids is 1. The van der Waals surface area contributed by atoms with Crippen LogP contribution in [0.15, 0.2) is 0 Å². The van der Waals surface area contributed by atoms with Crippen LogP contribution in [0.25, 0.3) is 0 Å². The van der Waals surface area contributed by atoms with E-state index in [1.807, 2.05) is 0 Å². The zero-order valence-corrected chi connectivity index (χ0v) is 15.0. The number of carboxylic acid groups (broad SMARTS) is 1. The number of carbonyl (C=O) groups is 2. The van der Waals surface area contributed by atoms with Crippen LogP contribution in [0, 0.1) is 23.7 Å². The van der Waals surface area contributed by atoms with Crippen molar-refractivity contribution in [1.82, 2.24) is 0 Å². The Morgan fingerprint density at radius 1 is 0.955 bits per heavy atom. The second-order valence-corrected chi connectivity index (χ2v) is 6.90. The lowest BCUT2D eigenvalue weighted by Gasteiger charge is -2.14. The van der Waals surface area contributed by atoms with E-state index in [0.29, 0.717) is 30.7 Å². The molecule has 0 unspecified atom stereocenters. The Balaban J connectivity index is 0. The first-order chi connectivity index (χ1) is 10.1. The lowest BCUT2D eigenvalue weighted by molar-refractivity contribution is -0.138. The highest BCUT2D eigenvalue weighted by Crippen LogP contribution is 2.18. The Bertz CT molecular complexity index is 274. The van der Waals surface area contributed by atoms with Gasteiger partial charge in [-0.3, -0.25) is 9.59 Å². The van der Waals surface area contributed by atoms with Gasteiger partial charge in [-0.1, -0.05) is 41.0 Å². The summed E-state index contributed by atoms with van der Waals surface area (Å²) in [4.78, 5) is 20.9. The molecule has 0 rings (SSSR count). The van der Waals surface area contributed by atoms with Crippen LogP contribution in [0.2, 0.25) is 0 Å². The molecule has 0 aromatic heterocycles. The molecule has 0 heterocycles. The highest BCUT2D eigenvalue weighted by Gasteiger charge is 2.12. The predicted molar refractivity (Wildman–Crippen MR) is 91.3 cm³/mol. The van der Waals surface area contributed by atoms with Crippen LogP contribution < -0.4 is 11.5 Å². The van der Waals surface area contributed by atoms with Crippen LogP contribution >= 0.6 is 0 Å². The van der Waals surface area contributed by atoms with E-state index in [1.165, 1.54) is 0 Å². The lowest BCUT2D eigenvalue weighted by Crippen LogP contribution is -2.19. The Labute approximate surface area is 135 Å². The van der Waals surface area contributed by atoms with Crippen molar-refractivity contribution < 1.29 is 14.7 Å². The Kier molecular flexibility index (Phi) is 14.3. The molecule has 5 heteroatoms. The first kappa shape index (κ1) is 23.2. The number of primary amides is 1. The molecule has 0 saturated carbocycles. The van der Waals surface area contributed by atoms with E-state index >= 15 is 0 Å². The number of rotatable bonds is 10. The van der Waals surface area contributed by atoms with Gasteiger partial charge in [-0.05, 0) is 43.1 Å². The van der Waals surface area contributed by atoms with Crippen LogP contribution in [0.1, 0.15) is 66.7 Å². The Hall–Kier alpha value is -1.10. The normalized spacial score (nSPS) is 13.5. The fourth-order valence-corrected chi connectivity index (χ4v) is 2.52. The third-order valence-electron chi connectivity index (χ3n) is 3.47. The third-order valence-corrected chi connectivity index (χ3v) is 3.47. The van der Waals surface area contributed by atoms with E-state index in [2.05, 4.69) is 34.6 Å². The van der Waals surface area contributed by atoms with E-state index in [-0.39, 0.29) is 18.2 Å². The van der Waals surface area contributed by atoms with Gasteiger partial charge in [0.05, 0.1) is 0 Å². The molecule has 0 aliphatic rings. The average molecular weight is 316 g/mol. The van der Waals surface area contributed by atoms with Crippen LogP contribution in [0.5, 0.6) is 0 Å². The van der Waals surface area contributed by atoms with Crippen LogP contribution in [-0.2, 0) is 9.59 Å². The summed E-state index contributed by atoms with van der Waals surface area (Å²) in [5.41, 5.74) is 10.5. The minimum absolute atomic E-state index is 0.146. The highest BCUT2D eigenvalue weighted by molar-refractivity contribution is 5.73. The van der Waals surface area contributed by atoms with Crippen molar-refractivity contribution in [3.05, 3.63) is 0 Å². The number of aliphatic carboxylic acids is 1. The molecule has 5 nitrogen and oxygen atoms in total. The summed E-state index contributed by atoms with van der Waals surface area (Å²) in [5, 5.41) is 8.47. The van der Waals surface area contributed by atoms with Crippen LogP contribution in [-0.4, -0.2) is 23.5 Å². The molecule has 0 fully saturated rings. The van der Waals surface area contributed by atoms with Crippen molar-refractivity contribution in [3.63, 3.8) is 0 Å². The highest BCUT2D eigenvalue weighted by atomic mass is 16.4. The van der Waals surface area contributed by atoms with Gasteiger partial charge in [-0.15, -0.1) is 0 Å². The summed E-state index contributed by atoms with van der Waals surface area (Å²) < 4.78 is 0. The van der Waals surface area contributed by atoms with Crippen LogP contribution in [0.3, 0.4) is 0 Å². The Morgan fingerprint density at radius 2 is 1.41 bits per heavy atom. The molecule has 1 amide bonds. The molecule has 0 aromatic carbocycles.